The van der Waals surface area contributed by atoms with Crippen LogP contribution in [0.1, 0.15) is 57.4 Å². The van der Waals surface area contributed by atoms with Crippen molar-refractivity contribution in [3.8, 4) is 0 Å². The summed E-state index contributed by atoms with van der Waals surface area (Å²) in [5.41, 5.74) is 0.207. The average Bonchev–Trinajstić information content (AvgIpc) is 3.48. The van der Waals surface area contributed by atoms with Gasteiger partial charge in [-0.05, 0) is 31.9 Å². The fraction of sp³-hybridized carbons (Fsp3) is 0.364. The topological polar surface area (TPSA) is 96.4 Å². The molecule has 3 heterocycles. The van der Waals surface area contributed by atoms with Gasteiger partial charge in [-0.25, -0.2) is 14.4 Å². The van der Waals surface area contributed by atoms with Gasteiger partial charge in [0, 0.05) is 43.0 Å². The number of carbonyl (C=O) groups excluding carboxylic acids is 3. The number of hydrogen-bond donors (Lipinski definition) is 0. The van der Waals surface area contributed by atoms with Crippen LogP contribution < -0.4 is 4.90 Å². The number of benzene rings is 1. The van der Waals surface area contributed by atoms with Crippen molar-refractivity contribution in [2.45, 2.75) is 32.1 Å². The molecule has 8 nitrogen and oxygen atoms in total. The Bertz CT molecular complexity index is 1220. The molecule has 4 rings (SSSR count). The van der Waals surface area contributed by atoms with Crippen molar-refractivity contribution in [3.05, 3.63) is 56.5 Å². The molecule has 0 aliphatic carbocycles. The van der Waals surface area contributed by atoms with Crippen LogP contribution in [-0.2, 0) is 11.2 Å². The Kier molecular flexibility index (Phi) is 7.34. The van der Waals surface area contributed by atoms with Gasteiger partial charge in [-0.3, -0.25) is 19.3 Å². The summed E-state index contributed by atoms with van der Waals surface area (Å²) < 4.78 is 18.2. The van der Waals surface area contributed by atoms with E-state index in [2.05, 4.69) is 14.3 Å². The number of halogens is 2. The lowest BCUT2D eigenvalue weighted by atomic mass is 9.97. The SMILES string of the molecule is CC(=O)Cc1nsc(N(C)C(=O)c2csc(C3CCN(C(=O)c4c(F)cccc4Cl)CC3)n2)n1. The first-order valence-electron chi connectivity index (χ1n) is 10.5. The van der Waals surface area contributed by atoms with E-state index in [1.165, 1.54) is 41.4 Å². The molecule has 1 aliphatic heterocycles. The smallest absolute Gasteiger partial charge is 0.279 e. The van der Waals surface area contributed by atoms with Crippen molar-refractivity contribution in [3.63, 3.8) is 0 Å². The van der Waals surface area contributed by atoms with Crippen molar-refractivity contribution in [2.24, 2.45) is 0 Å². The summed E-state index contributed by atoms with van der Waals surface area (Å²) in [7, 11) is 1.59. The molecule has 0 N–H and O–H groups in total. The van der Waals surface area contributed by atoms with E-state index in [4.69, 9.17) is 11.6 Å². The third-order valence-corrected chi connectivity index (χ3v) is 7.66. The Morgan fingerprint density at radius 3 is 2.65 bits per heavy atom. The summed E-state index contributed by atoms with van der Waals surface area (Å²) in [6.07, 6.45) is 1.43. The van der Waals surface area contributed by atoms with Crippen LogP contribution in [0.4, 0.5) is 9.52 Å². The minimum atomic E-state index is -0.629. The van der Waals surface area contributed by atoms with Crippen LogP contribution in [-0.4, -0.2) is 57.0 Å². The van der Waals surface area contributed by atoms with Crippen molar-refractivity contribution < 1.29 is 18.8 Å². The third-order valence-electron chi connectivity index (χ3n) is 5.51. The van der Waals surface area contributed by atoms with Crippen LogP contribution >= 0.6 is 34.5 Å². The molecule has 0 bridgehead atoms. The van der Waals surface area contributed by atoms with E-state index in [-0.39, 0.29) is 34.6 Å². The zero-order valence-electron chi connectivity index (χ0n) is 18.5. The summed E-state index contributed by atoms with van der Waals surface area (Å²) in [5, 5.41) is 3.03. The number of Topliss-reactive ketones (excluding diaryl/α,β-unsaturated/α-hetero) is 1. The highest BCUT2D eigenvalue weighted by atomic mass is 35.5. The highest BCUT2D eigenvalue weighted by Gasteiger charge is 2.29. The summed E-state index contributed by atoms with van der Waals surface area (Å²) >= 11 is 8.49. The van der Waals surface area contributed by atoms with Gasteiger partial charge in [0.05, 0.1) is 22.0 Å². The molecule has 0 spiro atoms. The van der Waals surface area contributed by atoms with Crippen LogP contribution in [0.15, 0.2) is 23.6 Å². The Labute approximate surface area is 208 Å². The lowest BCUT2D eigenvalue weighted by Gasteiger charge is -2.31. The lowest BCUT2D eigenvalue weighted by Crippen LogP contribution is -2.38. The maximum Gasteiger partial charge on any atom is 0.279 e. The van der Waals surface area contributed by atoms with E-state index < -0.39 is 11.7 Å². The van der Waals surface area contributed by atoms with E-state index in [0.29, 0.717) is 42.6 Å². The number of hydrogen-bond acceptors (Lipinski definition) is 8. The monoisotopic (exact) mass is 521 g/mol. The Hall–Kier alpha value is -2.76. The fourth-order valence-corrected chi connectivity index (χ4v) is 5.55. The third kappa shape index (κ3) is 5.16. The van der Waals surface area contributed by atoms with Gasteiger partial charge in [0.15, 0.2) is 5.82 Å². The van der Waals surface area contributed by atoms with Crippen molar-refractivity contribution in [1.82, 2.24) is 19.2 Å². The van der Waals surface area contributed by atoms with Crippen LogP contribution in [0.2, 0.25) is 5.02 Å². The molecule has 12 heteroatoms. The van der Waals surface area contributed by atoms with Crippen LogP contribution in [0, 0.1) is 5.82 Å². The molecular weight excluding hydrogens is 501 g/mol. The van der Waals surface area contributed by atoms with Gasteiger partial charge in [0.2, 0.25) is 5.13 Å². The zero-order chi connectivity index (χ0) is 24.4. The van der Waals surface area contributed by atoms with Crippen LogP contribution in [0.5, 0.6) is 0 Å². The number of amides is 2. The Balaban J connectivity index is 1.38. The average molecular weight is 522 g/mol. The molecule has 34 heavy (non-hydrogen) atoms. The highest BCUT2D eigenvalue weighted by Crippen LogP contribution is 2.32. The number of thiazole rings is 1. The van der Waals surface area contributed by atoms with Crippen LogP contribution in [0.3, 0.4) is 0 Å². The largest absolute Gasteiger partial charge is 0.338 e. The molecule has 0 radical (unpaired) electrons. The summed E-state index contributed by atoms with van der Waals surface area (Å²) in [6.45, 7) is 2.35. The first kappa shape index (κ1) is 24.4. The second-order valence-corrected chi connectivity index (χ2v) is 10.00. The summed E-state index contributed by atoms with van der Waals surface area (Å²) in [6, 6.07) is 4.19. The summed E-state index contributed by atoms with van der Waals surface area (Å²) in [5.74, 6) is -0.915. The quantitative estimate of drug-likeness (QED) is 0.482. The minimum absolute atomic E-state index is 0.0489. The molecule has 1 aromatic carbocycles. The fourth-order valence-electron chi connectivity index (χ4n) is 3.70. The van der Waals surface area contributed by atoms with E-state index in [1.54, 1.807) is 17.3 Å². The van der Waals surface area contributed by atoms with E-state index in [0.717, 1.165) is 16.5 Å². The molecule has 0 saturated carbocycles. The number of aromatic nitrogens is 3. The van der Waals surface area contributed by atoms with Gasteiger partial charge in [-0.15, -0.1) is 11.3 Å². The predicted molar refractivity (Wildman–Crippen MR) is 128 cm³/mol. The first-order valence-corrected chi connectivity index (χ1v) is 12.6. The molecule has 1 saturated heterocycles. The number of likely N-dealkylation sites (tertiary alicyclic amines) is 1. The zero-order valence-corrected chi connectivity index (χ0v) is 20.8. The minimum Gasteiger partial charge on any atom is -0.338 e. The standard InChI is InChI=1S/C22H21ClFN5O3S2/c1-12(30)10-17-26-22(34-27-17)28(2)20(31)16-11-33-19(25-16)13-6-8-29(9-7-13)21(32)18-14(23)4-3-5-15(18)24/h3-5,11,13H,6-10H2,1-2H3. The van der Waals surface area contributed by atoms with Crippen molar-refractivity contribution >= 4 is 57.2 Å². The van der Waals surface area contributed by atoms with Crippen LogP contribution in [0.25, 0.3) is 0 Å². The van der Waals surface area contributed by atoms with Gasteiger partial charge in [0.1, 0.15) is 17.3 Å². The number of nitrogens with zero attached hydrogens (tertiary/aromatic N) is 5. The van der Waals surface area contributed by atoms with Crippen molar-refractivity contribution in [1.29, 1.82) is 0 Å². The van der Waals surface area contributed by atoms with Crippen molar-refractivity contribution in [2.75, 3.05) is 25.0 Å². The highest BCUT2D eigenvalue weighted by molar-refractivity contribution is 7.10. The molecule has 178 valence electrons. The van der Waals surface area contributed by atoms with Gasteiger partial charge < -0.3 is 4.90 Å². The molecule has 1 aliphatic rings. The summed E-state index contributed by atoms with van der Waals surface area (Å²) in [4.78, 5) is 48.6. The Morgan fingerprint density at radius 1 is 1.24 bits per heavy atom. The maximum absolute atomic E-state index is 14.1. The number of piperidine rings is 1. The molecule has 0 atom stereocenters. The second-order valence-electron chi connectivity index (χ2n) is 7.97. The molecule has 1 fully saturated rings. The van der Waals surface area contributed by atoms with Gasteiger partial charge >= 0.3 is 0 Å². The van der Waals surface area contributed by atoms with Gasteiger partial charge in [-0.2, -0.15) is 4.37 Å². The van der Waals surface area contributed by atoms with E-state index in [1.807, 2.05) is 0 Å². The number of anilines is 1. The maximum atomic E-state index is 14.1. The Morgan fingerprint density at radius 2 is 1.97 bits per heavy atom. The van der Waals surface area contributed by atoms with Gasteiger partial charge in [0.25, 0.3) is 11.8 Å². The first-order chi connectivity index (χ1) is 16.2. The number of rotatable bonds is 6. The van der Waals surface area contributed by atoms with E-state index in [9.17, 15) is 18.8 Å². The second kappa shape index (κ2) is 10.2. The molecule has 2 amide bonds. The number of carbonyl (C=O) groups is 3. The molecular formula is C22H21ClFN5O3S2. The molecule has 3 aromatic rings. The predicted octanol–water partition coefficient (Wildman–Crippen LogP) is 4.22. The number of ketones is 1. The molecule has 2 aromatic heterocycles. The van der Waals surface area contributed by atoms with E-state index >= 15 is 0 Å². The normalized spacial score (nSPS) is 14.3. The lowest BCUT2D eigenvalue weighted by molar-refractivity contribution is -0.116. The molecule has 0 unspecified atom stereocenters. The van der Waals surface area contributed by atoms with Gasteiger partial charge in [-0.1, -0.05) is 17.7 Å².